The number of para-hydroxylation sites is 5. The highest BCUT2D eigenvalue weighted by molar-refractivity contribution is 6.98. The number of aromatic nitrogens is 3. The molecule has 1 aliphatic heterocycles. The van der Waals surface area contributed by atoms with Crippen molar-refractivity contribution >= 4 is 74.3 Å². The molecule has 0 atom stereocenters. The quantitative estimate of drug-likeness (QED) is 0.108. The zero-order chi connectivity index (χ0) is 49.3. The van der Waals surface area contributed by atoms with Crippen molar-refractivity contribution in [3.8, 4) is 16.9 Å². The van der Waals surface area contributed by atoms with E-state index in [1.807, 2.05) is 4.68 Å². The van der Waals surface area contributed by atoms with E-state index in [-0.39, 0.29) is 6.71 Å². The van der Waals surface area contributed by atoms with E-state index in [9.17, 15) is 0 Å². The van der Waals surface area contributed by atoms with Gasteiger partial charge in [-0.1, -0.05) is 174 Å². The summed E-state index contributed by atoms with van der Waals surface area (Å²) in [6.45, 7) is 14.0. The fourth-order valence-electron chi connectivity index (χ4n) is 10.5. The summed E-state index contributed by atoms with van der Waals surface area (Å²) in [4.78, 5) is 7.11. The Balaban J connectivity index is 1.08. The molecule has 0 saturated carbocycles. The average molecular weight is 935 g/mol. The van der Waals surface area contributed by atoms with Crippen LogP contribution in [0, 0.1) is 0 Å². The highest BCUT2D eigenvalue weighted by Gasteiger charge is 2.39. The summed E-state index contributed by atoms with van der Waals surface area (Å²) in [5.74, 6) is 1.03. The van der Waals surface area contributed by atoms with E-state index in [2.05, 4.69) is 287 Å². The highest BCUT2D eigenvalue weighted by Crippen LogP contribution is 2.43. The zero-order valence-electron chi connectivity index (χ0n) is 41.9. The van der Waals surface area contributed by atoms with Crippen LogP contribution in [0.1, 0.15) is 76.0 Å². The van der Waals surface area contributed by atoms with Crippen LogP contribution in [0.4, 0.5) is 51.2 Å². The normalized spacial score (nSPS) is 12.1. The summed E-state index contributed by atoms with van der Waals surface area (Å²) in [5, 5.41) is 9.61. The van der Waals surface area contributed by atoms with Crippen LogP contribution >= 0.6 is 0 Å². The highest BCUT2D eigenvalue weighted by atomic mass is 15.4. The van der Waals surface area contributed by atoms with Crippen molar-refractivity contribution in [2.45, 2.75) is 59.3 Å². The first kappa shape index (κ1) is 46.0. The fourth-order valence-corrected chi connectivity index (χ4v) is 10.5. The molecule has 6 nitrogen and oxygen atoms in total. The van der Waals surface area contributed by atoms with Crippen molar-refractivity contribution in [1.29, 1.82) is 0 Å². The molecule has 10 aromatic rings. The first-order valence-corrected chi connectivity index (χ1v) is 25.4. The van der Waals surface area contributed by atoms with Gasteiger partial charge in [0.1, 0.15) is 5.69 Å². The van der Waals surface area contributed by atoms with Crippen molar-refractivity contribution < 1.29 is 0 Å². The van der Waals surface area contributed by atoms with Gasteiger partial charge in [0, 0.05) is 56.7 Å². The zero-order valence-corrected chi connectivity index (χ0v) is 41.9. The van der Waals surface area contributed by atoms with Gasteiger partial charge >= 0.3 is 0 Å². The van der Waals surface area contributed by atoms with Crippen molar-refractivity contribution in [1.82, 2.24) is 15.0 Å². The van der Waals surface area contributed by atoms with Crippen LogP contribution in [0.5, 0.6) is 0 Å². The molecule has 0 fully saturated rings. The second kappa shape index (κ2) is 19.8. The Bertz CT molecular complexity index is 3340. The van der Waals surface area contributed by atoms with Gasteiger partial charge in [0.25, 0.3) is 0 Å². The fraction of sp³-hybridized carbons (Fsp3) is 0.138. The number of hydrogen-bond acceptors (Lipinski definition) is 5. The number of benzene rings is 9. The lowest BCUT2D eigenvalue weighted by Gasteiger charge is -2.40. The van der Waals surface area contributed by atoms with E-state index >= 15 is 0 Å². The second-order valence-electron chi connectivity index (χ2n) is 19.8. The van der Waals surface area contributed by atoms with Crippen LogP contribution in [0.3, 0.4) is 0 Å². The van der Waals surface area contributed by atoms with E-state index in [0.717, 1.165) is 68.1 Å². The molecule has 0 N–H and O–H groups in total. The molecule has 0 saturated heterocycles. The van der Waals surface area contributed by atoms with Crippen LogP contribution in [-0.4, -0.2) is 21.7 Å². The summed E-state index contributed by atoms with van der Waals surface area (Å²) >= 11 is 0. The van der Waals surface area contributed by atoms with Gasteiger partial charge in [0.15, 0.2) is 0 Å². The number of hydrogen-bond donors (Lipinski definition) is 0. The Hall–Kier alpha value is -8.42. The first-order valence-electron chi connectivity index (χ1n) is 25.4. The minimum Gasteiger partial charge on any atom is -0.311 e. The standard InChI is InChI=1S/C65H59BN6/c1-45(2)49-40-58(46(3)4)65(59(41-49)47(5)6)66-60-38-32-48(62-44-69(68-67-62)50-33-35-56(36-34-50)70(51-22-12-7-13-23-51)52-24-14-8-15-25-52)42-63(60)72(55-30-20-11-21-31-55)64-43-57(37-39-61(64)66)71(53-26-16-9-17-27-53)54-28-18-10-19-29-54/h7-47H,1-6H3. The number of fused-ring (bicyclic) bond motifs is 2. The molecular formula is C65H59BN6. The predicted molar refractivity (Wildman–Crippen MR) is 304 cm³/mol. The van der Waals surface area contributed by atoms with Gasteiger partial charge in [0.2, 0.25) is 6.71 Å². The number of anilines is 9. The van der Waals surface area contributed by atoms with Gasteiger partial charge in [-0.25, -0.2) is 4.68 Å². The number of nitrogens with zero attached hydrogens (tertiary/aromatic N) is 6. The van der Waals surface area contributed by atoms with Crippen LogP contribution in [0.2, 0.25) is 0 Å². The third kappa shape index (κ3) is 8.77. The summed E-state index contributed by atoms with van der Waals surface area (Å²) in [5.41, 5.74) is 20.8. The summed E-state index contributed by atoms with van der Waals surface area (Å²) < 4.78 is 1.88. The van der Waals surface area contributed by atoms with E-state index in [1.165, 1.54) is 33.1 Å². The van der Waals surface area contributed by atoms with Crippen molar-refractivity contribution in [3.05, 3.63) is 247 Å². The number of rotatable bonds is 13. The monoisotopic (exact) mass is 934 g/mol. The molecule has 2 heterocycles. The van der Waals surface area contributed by atoms with E-state index in [4.69, 9.17) is 10.3 Å². The van der Waals surface area contributed by atoms with Crippen molar-refractivity contribution in [2.24, 2.45) is 0 Å². The molecule has 9 aromatic carbocycles. The molecule has 11 rings (SSSR count). The smallest absolute Gasteiger partial charge is 0.247 e. The lowest BCUT2D eigenvalue weighted by molar-refractivity contribution is 0.804. The SMILES string of the molecule is CC(C)c1cc(C(C)C)c(B2c3ccc(-c4cn(-c5ccc(N(c6ccccc6)c6ccccc6)cc5)nn4)cc3N(c3ccccc3)c3cc(N(c4ccccc4)c4ccccc4)ccc32)c(C(C)C)c1. The molecule has 0 bridgehead atoms. The van der Waals surface area contributed by atoms with Gasteiger partial charge in [-0.05, 0) is 148 Å². The Morgan fingerprint density at radius 1 is 0.403 bits per heavy atom. The lowest BCUT2D eigenvalue weighted by Crippen LogP contribution is -2.59. The topological polar surface area (TPSA) is 40.4 Å². The van der Waals surface area contributed by atoms with Crippen LogP contribution in [-0.2, 0) is 0 Å². The molecular weight excluding hydrogens is 876 g/mol. The Labute approximate surface area is 425 Å². The van der Waals surface area contributed by atoms with E-state index < -0.39 is 0 Å². The van der Waals surface area contributed by atoms with Gasteiger partial charge in [-0.2, -0.15) is 0 Å². The molecule has 1 aliphatic rings. The summed E-state index contributed by atoms with van der Waals surface area (Å²) in [6.07, 6.45) is 2.05. The third-order valence-electron chi connectivity index (χ3n) is 14.1. The second-order valence-corrected chi connectivity index (χ2v) is 19.8. The summed E-state index contributed by atoms with van der Waals surface area (Å²) in [7, 11) is 0. The van der Waals surface area contributed by atoms with Gasteiger partial charge in [-0.15, -0.1) is 5.10 Å². The van der Waals surface area contributed by atoms with Crippen LogP contribution in [0.15, 0.2) is 231 Å². The predicted octanol–water partition coefficient (Wildman–Crippen LogP) is 15.5. The van der Waals surface area contributed by atoms with E-state index in [0.29, 0.717) is 17.8 Å². The lowest BCUT2D eigenvalue weighted by atomic mass is 9.33. The minimum atomic E-state index is -0.0449. The van der Waals surface area contributed by atoms with Crippen LogP contribution < -0.4 is 31.1 Å². The molecule has 0 amide bonds. The molecule has 0 unspecified atom stereocenters. The molecule has 0 spiro atoms. The summed E-state index contributed by atoms with van der Waals surface area (Å²) in [6, 6.07) is 80.9. The maximum Gasteiger partial charge on any atom is 0.247 e. The molecule has 7 heteroatoms. The first-order chi connectivity index (χ1) is 35.2. The molecule has 0 radical (unpaired) electrons. The maximum atomic E-state index is 4.87. The van der Waals surface area contributed by atoms with Crippen molar-refractivity contribution in [3.63, 3.8) is 0 Å². The average Bonchev–Trinajstić information content (AvgIpc) is 3.92. The van der Waals surface area contributed by atoms with Crippen LogP contribution in [0.25, 0.3) is 16.9 Å². The molecule has 1 aromatic heterocycles. The van der Waals surface area contributed by atoms with Crippen molar-refractivity contribution in [2.75, 3.05) is 14.7 Å². The third-order valence-corrected chi connectivity index (χ3v) is 14.1. The Kier molecular flexibility index (Phi) is 12.6. The van der Waals surface area contributed by atoms with Gasteiger partial charge < -0.3 is 14.7 Å². The Morgan fingerprint density at radius 3 is 1.32 bits per heavy atom. The minimum absolute atomic E-state index is 0.0449. The van der Waals surface area contributed by atoms with E-state index in [1.54, 1.807) is 0 Å². The molecule has 72 heavy (non-hydrogen) atoms. The van der Waals surface area contributed by atoms with Gasteiger partial charge in [0.05, 0.1) is 11.9 Å². The molecule has 352 valence electrons. The molecule has 0 aliphatic carbocycles. The van der Waals surface area contributed by atoms with Gasteiger partial charge in [-0.3, -0.25) is 0 Å². The Morgan fingerprint density at radius 2 is 0.833 bits per heavy atom. The maximum absolute atomic E-state index is 4.87. The largest absolute Gasteiger partial charge is 0.311 e.